The van der Waals surface area contributed by atoms with Gasteiger partial charge in [0.05, 0.1) is 11.4 Å². The number of amides is 2. The lowest BCUT2D eigenvalue weighted by atomic mass is 10.2. The zero-order chi connectivity index (χ0) is 16.9. The van der Waals surface area contributed by atoms with Gasteiger partial charge in [-0.1, -0.05) is 70.5 Å². The van der Waals surface area contributed by atoms with Gasteiger partial charge in [0.15, 0.2) is 0 Å². The van der Waals surface area contributed by atoms with Gasteiger partial charge in [0.1, 0.15) is 0 Å². The average Bonchev–Trinajstić information content (AvgIpc) is 2.85. The summed E-state index contributed by atoms with van der Waals surface area (Å²) in [4.78, 5) is 26.2. The molecular weight excluding hydrogens is 386 g/mol. The zero-order valence-corrected chi connectivity index (χ0v) is 15.1. The summed E-state index contributed by atoms with van der Waals surface area (Å²) in [6.07, 6.45) is 5.40. The van der Waals surface area contributed by atoms with Crippen molar-refractivity contribution in [1.82, 2.24) is 4.90 Å². The third-order valence-corrected chi connectivity index (χ3v) is 4.92. The first-order chi connectivity index (χ1) is 11.6. The number of hydrogen-bond acceptors (Lipinski definition) is 3. The maximum absolute atomic E-state index is 12.4. The topological polar surface area (TPSA) is 37.4 Å². The minimum absolute atomic E-state index is 0.234. The molecule has 0 saturated carbocycles. The molecule has 0 atom stereocenters. The number of nitrogens with zero attached hydrogens (tertiary/aromatic N) is 1. The maximum atomic E-state index is 12.4. The van der Waals surface area contributed by atoms with Crippen LogP contribution in [0.5, 0.6) is 0 Å². The van der Waals surface area contributed by atoms with Crippen molar-refractivity contribution in [2.75, 3.05) is 0 Å². The van der Waals surface area contributed by atoms with Gasteiger partial charge >= 0.3 is 0 Å². The lowest BCUT2D eigenvalue weighted by molar-refractivity contribution is -0.123. The van der Waals surface area contributed by atoms with E-state index in [1.54, 1.807) is 12.2 Å². The van der Waals surface area contributed by atoms with E-state index in [2.05, 4.69) is 15.9 Å². The summed E-state index contributed by atoms with van der Waals surface area (Å²) in [7, 11) is 0. The quantitative estimate of drug-likeness (QED) is 0.659. The van der Waals surface area contributed by atoms with E-state index in [1.807, 2.05) is 60.7 Å². The molecule has 5 heteroatoms. The van der Waals surface area contributed by atoms with E-state index in [0.717, 1.165) is 27.4 Å². The first-order valence-corrected chi connectivity index (χ1v) is 8.96. The van der Waals surface area contributed by atoms with E-state index in [-0.39, 0.29) is 17.7 Å². The number of carbonyl (C=O) groups is 2. The van der Waals surface area contributed by atoms with E-state index in [4.69, 9.17) is 0 Å². The standard InChI is InChI=1S/C19H14BrNO2S/c20-16-11-9-15(10-12-16)13-21-18(22)17(24-19(21)23)8-4-7-14-5-2-1-3-6-14/h1-12H,13H2/b7-4+,17-8+. The lowest BCUT2D eigenvalue weighted by Crippen LogP contribution is -2.27. The van der Waals surface area contributed by atoms with E-state index in [9.17, 15) is 9.59 Å². The fourth-order valence-electron chi connectivity index (χ4n) is 2.23. The largest absolute Gasteiger partial charge is 0.293 e. The van der Waals surface area contributed by atoms with Crippen LogP contribution >= 0.6 is 27.7 Å². The van der Waals surface area contributed by atoms with Gasteiger partial charge in [0.25, 0.3) is 11.1 Å². The van der Waals surface area contributed by atoms with Crippen LogP contribution < -0.4 is 0 Å². The SMILES string of the molecule is O=C1S/C(=C/C=C/c2ccccc2)C(=O)N1Cc1ccc(Br)cc1. The number of rotatable bonds is 4. The Bertz CT molecular complexity index is 813. The van der Waals surface area contributed by atoms with Crippen molar-refractivity contribution in [2.45, 2.75) is 6.54 Å². The normalized spacial score (nSPS) is 16.5. The maximum Gasteiger partial charge on any atom is 0.293 e. The van der Waals surface area contributed by atoms with Crippen molar-refractivity contribution in [1.29, 1.82) is 0 Å². The Morgan fingerprint density at radius 1 is 1.00 bits per heavy atom. The Kier molecular flexibility index (Phi) is 5.33. The summed E-state index contributed by atoms with van der Waals surface area (Å²) in [5.41, 5.74) is 1.96. The molecular formula is C19H14BrNO2S. The molecule has 0 radical (unpaired) electrons. The third-order valence-electron chi connectivity index (χ3n) is 3.46. The van der Waals surface area contributed by atoms with Crippen LogP contribution in [0.2, 0.25) is 0 Å². The molecule has 3 nitrogen and oxygen atoms in total. The Hall–Kier alpha value is -2.11. The van der Waals surface area contributed by atoms with Crippen molar-refractivity contribution < 1.29 is 9.59 Å². The molecule has 0 spiro atoms. The van der Waals surface area contributed by atoms with Crippen molar-refractivity contribution in [3.05, 3.63) is 87.3 Å². The highest BCUT2D eigenvalue weighted by molar-refractivity contribution is 9.10. The monoisotopic (exact) mass is 399 g/mol. The van der Waals surface area contributed by atoms with Crippen LogP contribution in [0.1, 0.15) is 11.1 Å². The summed E-state index contributed by atoms with van der Waals surface area (Å²) in [5.74, 6) is -0.245. The van der Waals surface area contributed by atoms with Crippen LogP contribution in [0, 0.1) is 0 Å². The van der Waals surface area contributed by atoms with Gasteiger partial charge in [0.2, 0.25) is 0 Å². The molecule has 0 aliphatic carbocycles. The van der Waals surface area contributed by atoms with Crippen molar-refractivity contribution in [3.63, 3.8) is 0 Å². The highest BCUT2D eigenvalue weighted by Crippen LogP contribution is 2.32. The molecule has 1 heterocycles. The van der Waals surface area contributed by atoms with Crippen LogP contribution in [-0.4, -0.2) is 16.0 Å². The van der Waals surface area contributed by atoms with Crippen LogP contribution in [-0.2, 0) is 11.3 Å². The molecule has 1 aliphatic rings. The number of carbonyl (C=O) groups excluding carboxylic acids is 2. The second-order valence-electron chi connectivity index (χ2n) is 5.19. The molecule has 0 bridgehead atoms. The van der Waals surface area contributed by atoms with E-state index in [1.165, 1.54) is 4.90 Å². The molecule has 120 valence electrons. The number of benzene rings is 2. The van der Waals surface area contributed by atoms with E-state index in [0.29, 0.717) is 4.91 Å². The van der Waals surface area contributed by atoms with Gasteiger partial charge in [-0.25, -0.2) is 0 Å². The molecule has 0 unspecified atom stereocenters. The number of halogens is 1. The minimum Gasteiger partial charge on any atom is -0.268 e. The molecule has 1 fully saturated rings. The van der Waals surface area contributed by atoms with Gasteiger partial charge in [-0.2, -0.15) is 0 Å². The van der Waals surface area contributed by atoms with Crippen LogP contribution in [0.3, 0.4) is 0 Å². The Labute approximate surface area is 153 Å². The van der Waals surface area contributed by atoms with Gasteiger partial charge < -0.3 is 0 Å². The molecule has 1 aliphatic heterocycles. The van der Waals surface area contributed by atoms with Gasteiger partial charge in [-0.3, -0.25) is 14.5 Å². The number of allylic oxidation sites excluding steroid dienone is 2. The van der Waals surface area contributed by atoms with Crippen molar-refractivity contribution >= 4 is 44.9 Å². The summed E-state index contributed by atoms with van der Waals surface area (Å²) in [5, 5.41) is -0.234. The lowest BCUT2D eigenvalue weighted by Gasteiger charge is -2.12. The van der Waals surface area contributed by atoms with Crippen LogP contribution in [0.4, 0.5) is 4.79 Å². The average molecular weight is 400 g/mol. The minimum atomic E-state index is -0.245. The molecule has 2 amide bonds. The predicted octanol–water partition coefficient (Wildman–Crippen LogP) is 5.24. The second kappa shape index (κ2) is 7.64. The van der Waals surface area contributed by atoms with Crippen LogP contribution in [0.15, 0.2) is 76.1 Å². The smallest absolute Gasteiger partial charge is 0.268 e. The number of hydrogen-bond donors (Lipinski definition) is 0. The summed E-state index contributed by atoms with van der Waals surface area (Å²) in [6, 6.07) is 17.4. The zero-order valence-electron chi connectivity index (χ0n) is 12.7. The molecule has 0 N–H and O–H groups in total. The molecule has 0 aromatic heterocycles. The second-order valence-corrected chi connectivity index (χ2v) is 7.10. The summed E-state index contributed by atoms with van der Waals surface area (Å²) < 4.78 is 0.964. The molecule has 2 aromatic rings. The Morgan fingerprint density at radius 2 is 1.71 bits per heavy atom. The first-order valence-electron chi connectivity index (χ1n) is 7.35. The highest BCUT2D eigenvalue weighted by atomic mass is 79.9. The third kappa shape index (κ3) is 4.04. The Balaban J connectivity index is 1.70. The fraction of sp³-hybridized carbons (Fsp3) is 0.0526. The highest BCUT2D eigenvalue weighted by Gasteiger charge is 2.34. The van der Waals surface area contributed by atoms with Crippen LogP contribution in [0.25, 0.3) is 6.08 Å². The van der Waals surface area contributed by atoms with Gasteiger partial charge in [-0.15, -0.1) is 0 Å². The van der Waals surface area contributed by atoms with E-state index >= 15 is 0 Å². The molecule has 3 rings (SSSR count). The number of thioether (sulfide) groups is 1. The molecule has 2 aromatic carbocycles. The number of imide groups is 1. The first kappa shape index (κ1) is 16.7. The van der Waals surface area contributed by atoms with E-state index < -0.39 is 0 Å². The summed E-state index contributed by atoms with van der Waals surface area (Å²) in [6.45, 7) is 0.289. The van der Waals surface area contributed by atoms with Crippen molar-refractivity contribution in [3.8, 4) is 0 Å². The Morgan fingerprint density at radius 3 is 2.42 bits per heavy atom. The van der Waals surface area contributed by atoms with Gasteiger partial charge in [0, 0.05) is 4.47 Å². The summed E-state index contributed by atoms with van der Waals surface area (Å²) >= 11 is 4.35. The molecule has 1 saturated heterocycles. The molecule has 24 heavy (non-hydrogen) atoms. The van der Waals surface area contributed by atoms with Gasteiger partial charge in [-0.05, 0) is 41.1 Å². The van der Waals surface area contributed by atoms with Crippen molar-refractivity contribution in [2.24, 2.45) is 0 Å². The fourth-order valence-corrected chi connectivity index (χ4v) is 3.29. The predicted molar refractivity (Wildman–Crippen MR) is 101 cm³/mol.